The van der Waals surface area contributed by atoms with Gasteiger partial charge in [-0.2, -0.15) is 0 Å². The molecule has 74 valence electrons. The van der Waals surface area contributed by atoms with Gasteiger partial charge in [0, 0.05) is 15.9 Å². The standard InChI is InChI=1S/C8BrCl5/c9-2-1-3-4(10)6(12)8(14)7(13)5(3)11. The van der Waals surface area contributed by atoms with Crippen LogP contribution in [-0.4, -0.2) is 0 Å². The summed E-state index contributed by atoms with van der Waals surface area (Å²) < 4.78 is 0. The highest BCUT2D eigenvalue weighted by molar-refractivity contribution is 9.12. The topological polar surface area (TPSA) is 0 Å². The Hall–Kier alpha value is 0.710. The van der Waals surface area contributed by atoms with Crippen molar-refractivity contribution in [2.75, 3.05) is 0 Å². The minimum Gasteiger partial charge on any atom is -0.0812 e. The molecule has 0 saturated heterocycles. The molecule has 0 nitrogen and oxygen atoms in total. The summed E-state index contributed by atoms with van der Waals surface area (Å²) in [6.45, 7) is 0. The Kier molecular flexibility index (Phi) is 4.71. The van der Waals surface area contributed by atoms with Crippen LogP contribution >= 0.6 is 73.9 Å². The zero-order valence-corrected chi connectivity index (χ0v) is 11.6. The normalized spacial score (nSPS) is 9.57. The van der Waals surface area contributed by atoms with E-state index in [1.165, 1.54) is 0 Å². The Labute approximate surface area is 115 Å². The molecule has 0 heterocycles. The summed E-state index contributed by atoms with van der Waals surface area (Å²) in [6.07, 6.45) is 0. The van der Waals surface area contributed by atoms with Crippen LogP contribution in [0.5, 0.6) is 0 Å². The summed E-state index contributed by atoms with van der Waals surface area (Å²) in [5, 5.41) is 0.806. The average Bonchev–Trinajstić information content (AvgIpc) is 2.19. The highest BCUT2D eigenvalue weighted by Gasteiger charge is 2.17. The van der Waals surface area contributed by atoms with Crippen LogP contribution in [0.15, 0.2) is 0 Å². The Morgan fingerprint density at radius 1 is 0.714 bits per heavy atom. The first kappa shape index (κ1) is 12.8. The van der Waals surface area contributed by atoms with Gasteiger partial charge in [-0.1, -0.05) is 63.9 Å². The molecule has 0 aliphatic heterocycles. The summed E-state index contributed by atoms with van der Waals surface area (Å²) in [5.41, 5.74) is 0.351. The lowest BCUT2D eigenvalue weighted by Gasteiger charge is -2.07. The van der Waals surface area contributed by atoms with E-state index in [1.807, 2.05) is 0 Å². The van der Waals surface area contributed by atoms with Crippen molar-refractivity contribution in [1.29, 1.82) is 0 Å². The predicted molar refractivity (Wildman–Crippen MR) is 67.3 cm³/mol. The molecule has 14 heavy (non-hydrogen) atoms. The summed E-state index contributed by atoms with van der Waals surface area (Å²) in [5.74, 6) is 2.63. The highest BCUT2D eigenvalue weighted by Crippen LogP contribution is 2.43. The van der Waals surface area contributed by atoms with E-state index in [-0.39, 0.29) is 25.1 Å². The summed E-state index contributed by atoms with van der Waals surface area (Å²) >= 11 is 32.0. The first-order valence-corrected chi connectivity index (χ1v) is 5.82. The van der Waals surface area contributed by atoms with Gasteiger partial charge in [0.2, 0.25) is 0 Å². The van der Waals surface area contributed by atoms with E-state index in [2.05, 4.69) is 26.7 Å². The van der Waals surface area contributed by atoms with Crippen molar-refractivity contribution < 1.29 is 0 Å². The van der Waals surface area contributed by atoms with Gasteiger partial charge in [0.25, 0.3) is 0 Å². The van der Waals surface area contributed by atoms with Crippen molar-refractivity contribution in [3.8, 4) is 10.8 Å². The van der Waals surface area contributed by atoms with Gasteiger partial charge in [-0.3, -0.25) is 0 Å². The van der Waals surface area contributed by atoms with Crippen LogP contribution in [0.2, 0.25) is 25.1 Å². The molecule has 0 aliphatic carbocycles. The van der Waals surface area contributed by atoms with Crippen molar-refractivity contribution >= 4 is 73.9 Å². The van der Waals surface area contributed by atoms with Crippen molar-refractivity contribution in [2.24, 2.45) is 0 Å². The van der Waals surface area contributed by atoms with E-state index in [0.717, 1.165) is 0 Å². The van der Waals surface area contributed by atoms with Gasteiger partial charge in [0.15, 0.2) is 0 Å². The minimum absolute atomic E-state index is 0.128. The van der Waals surface area contributed by atoms with Gasteiger partial charge in [-0.25, -0.2) is 0 Å². The SMILES string of the molecule is Clc1c(Cl)c(Cl)c(C#CBr)c(Cl)c1Cl. The van der Waals surface area contributed by atoms with Gasteiger partial charge < -0.3 is 0 Å². The van der Waals surface area contributed by atoms with Crippen molar-refractivity contribution in [3.63, 3.8) is 0 Å². The fraction of sp³-hybridized carbons (Fsp3) is 0. The van der Waals surface area contributed by atoms with Crippen LogP contribution in [0, 0.1) is 10.8 Å². The Bertz CT molecular complexity index is 414. The Morgan fingerprint density at radius 3 is 1.43 bits per heavy atom. The molecule has 1 rings (SSSR count). The maximum Gasteiger partial charge on any atom is 0.0809 e. The molecule has 0 aliphatic rings. The largest absolute Gasteiger partial charge is 0.0812 e. The summed E-state index contributed by atoms with van der Waals surface area (Å²) in [7, 11) is 0. The molecule has 0 bridgehead atoms. The smallest absolute Gasteiger partial charge is 0.0809 e. The second-order valence-corrected chi connectivity index (χ2v) is 4.45. The molecule has 0 fully saturated rings. The third-order valence-electron chi connectivity index (χ3n) is 1.38. The molecular formula is C8BrCl5. The van der Waals surface area contributed by atoms with Gasteiger partial charge in [0.05, 0.1) is 30.7 Å². The zero-order chi connectivity index (χ0) is 10.9. The fourth-order valence-electron chi connectivity index (χ4n) is 0.762. The van der Waals surface area contributed by atoms with Gasteiger partial charge in [0.1, 0.15) is 0 Å². The van der Waals surface area contributed by atoms with E-state index >= 15 is 0 Å². The first-order chi connectivity index (χ1) is 6.50. The molecule has 1 aromatic carbocycles. The van der Waals surface area contributed by atoms with Crippen LogP contribution in [0.3, 0.4) is 0 Å². The Balaban J connectivity index is 3.65. The number of benzene rings is 1. The number of rotatable bonds is 0. The fourth-order valence-corrected chi connectivity index (χ4v) is 2.19. The molecule has 0 unspecified atom stereocenters. The summed E-state index contributed by atoms with van der Waals surface area (Å²) in [4.78, 5) is 2.47. The van der Waals surface area contributed by atoms with Crippen molar-refractivity contribution in [2.45, 2.75) is 0 Å². The molecule has 0 radical (unpaired) electrons. The van der Waals surface area contributed by atoms with Crippen LogP contribution in [0.25, 0.3) is 0 Å². The quantitative estimate of drug-likeness (QED) is 0.321. The molecule has 0 aromatic heterocycles. The van der Waals surface area contributed by atoms with Crippen LogP contribution in [0.4, 0.5) is 0 Å². The van der Waals surface area contributed by atoms with Gasteiger partial charge in [-0.15, -0.1) is 0 Å². The number of hydrogen-bond donors (Lipinski definition) is 0. The number of hydrogen-bond acceptors (Lipinski definition) is 0. The van der Waals surface area contributed by atoms with E-state index in [4.69, 9.17) is 58.0 Å². The molecule has 0 N–H and O–H groups in total. The third-order valence-corrected chi connectivity index (χ3v) is 3.86. The predicted octanol–water partition coefficient (Wildman–Crippen LogP) is 5.66. The second kappa shape index (κ2) is 5.16. The molecular weight excluding hydrogens is 353 g/mol. The van der Waals surface area contributed by atoms with E-state index < -0.39 is 0 Å². The monoisotopic (exact) mass is 350 g/mol. The van der Waals surface area contributed by atoms with E-state index in [9.17, 15) is 0 Å². The van der Waals surface area contributed by atoms with Crippen LogP contribution in [0.1, 0.15) is 5.56 Å². The second-order valence-electron chi connectivity index (χ2n) is 2.16. The average molecular weight is 353 g/mol. The molecule has 0 amide bonds. The maximum atomic E-state index is 5.87. The van der Waals surface area contributed by atoms with Crippen LogP contribution < -0.4 is 0 Å². The molecule has 0 atom stereocenters. The highest BCUT2D eigenvalue weighted by atomic mass is 79.9. The first-order valence-electron chi connectivity index (χ1n) is 3.13. The third kappa shape index (κ3) is 2.27. The summed E-state index contributed by atoms with van der Waals surface area (Å²) in [6, 6.07) is 0. The lowest BCUT2D eigenvalue weighted by atomic mass is 10.2. The molecule has 1 aromatic rings. The van der Waals surface area contributed by atoms with E-state index in [1.54, 1.807) is 0 Å². The molecule has 0 spiro atoms. The van der Waals surface area contributed by atoms with Gasteiger partial charge in [-0.05, 0) is 4.83 Å². The molecule has 0 saturated carbocycles. The maximum absolute atomic E-state index is 5.87. The van der Waals surface area contributed by atoms with Crippen molar-refractivity contribution in [3.05, 3.63) is 30.7 Å². The van der Waals surface area contributed by atoms with Gasteiger partial charge >= 0.3 is 0 Å². The van der Waals surface area contributed by atoms with E-state index in [0.29, 0.717) is 5.56 Å². The molecule has 6 heteroatoms. The zero-order valence-electron chi connectivity index (χ0n) is 6.27. The number of halogens is 6. The lowest BCUT2D eigenvalue weighted by molar-refractivity contribution is 1.64. The lowest BCUT2D eigenvalue weighted by Crippen LogP contribution is -1.85. The van der Waals surface area contributed by atoms with Crippen molar-refractivity contribution in [1.82, 2.24) is 0 Å². The Morgan fingerprint density at radius 2 is 1.07 bits per heavy atom. The minimum atomic E-state index is 0.128. The van der Waals surface area contributed by atoms with Crippen LogP contribution in [-0.2, 0) is 0 Å².